The second-order valence-electron chi connectivity index (χ2n) is 9.38. The number of hydrogen-bond donors (Lipinski definition) is 3. The molecule has 0 bridgehead atoms. The third kappa shape index (κ3) is 5.22. The third-order valence-corrected chi connectivity index (χ3v) is 7.39. The average Bonchev–Trinajstić information content (AvgIpc) is 2.90. The van der Waals surface area contributed by atoms with Crippen molar-refractivity contribution >= 4 is 45.8 Å². The zero-order chi connectivity index (χ0) is 27.6. The number of nitrogens with one attached hydrogen (secondary N) is 1. The van der Waals surface area contributed by atoms with Crippen molar-refractivity contribution in [3.05, 3.63) is 53.1 Å². The van der Waals surface area contributed by atoms with E-state index in [4.69, 9.17) is 22.1 Å². The van der Waals surface area contributed by atoms with Gasteiger partial charge in [-0.1, -0.05) is 17.7 Å². The number of hydrogen-bond acceptors (Lipinski definition) is 8. The number of aliphatic hydroxyl groups is 1. The minimum Gasteiger partial charge on any atom is -0.496 e. The number of primary amides is 1. The van der Waals surface area contributed by atoms with Crippen LogP contribution in [0.4, 0.5) is 15.9 Å². The fraction of sp³-hybridized carbons (Fsp3) is 0.385. The Balaban J connectivity index is 1.66. The molecule has 1 atom stereocenters. The number of rotatable bonds is 8. The number of aromatic nitrogens is 2. The SMILES string of the molecule is COc1cc2ncnc(Nc3cccc(Cl)c3F)c2cc1CN(C)C1(C(N)=O)CCN(C(=O)[C@H](C)O)CC1. The van der Waals surface area contributed by atoms with Crippen LogP contribution in [0.2, 0.25) is 5.02 Å². The van der Waals surface area contributed by atoms with E-state index in [0.717, 1.165) is 5.56 Å². The number of carbonyl (C=O) groups is 2. The van der Waals surface area contributed by atoms with Gasteiger partial charge < -0.3 is 25.8 Å². The lowest BCUT2D eigenvalue weighted by atomic mass is 9.84. The second kappa shape index (κ2) is 11.1. The maximum Gasteiger partial charge on any atom is 0.251 e. The monoisotopic (exact) mass is 544 g/mol. The number of nitrogens with zero attached hydrogens (tertiary/aromatic N) is 4. The molecule has 2 aromatic carbocycles. The highest BCUT2D eigenvalue weighted by atomic mass is 35.5. The molecule has 4 N–H and O–H groups in total. The number of halogens is 2. The maximum atomic E-state index is 14.6. The minimum atomic E-state index is -1.11. The van der Waals surface area contributed by atoms with E-state index in [-0.39, 0.29) is 23.2 Å². The highest BCUT2D eigenvalue weighted by molar-refractivity contribution is 6.31. The Morgan fingerprint density at radius 1 is 1.32 bits per heavy atom. The fourth-order valence-electron chi connectivity index (χ4n) is 4.85. The molecule has 202 valence electrons. The predicted octanol–water partition coefficient (Wildman–Crippen LogP) is 2.83. The van der Waals surface area contributed by atoms with Crippen molar-refractivity contribution in [3.63, 3.8) is 0 Å². The molecule has 1 aliphatic rings. The van der Waals surface area contributed by atoms with Crippen molar-refractivity contribution in [2.24, 2.45) is 5.73 Å². The van der Waals surface area contributed by atoms with Gasteiger partial charge in [0.1, 0.15) is 29.5 Å². The lowest BCUT2D eigenvalue weighted by Gasteiger charge is -2.45. The van der Waals surface area contributed by atoms with Gasteiger partial charge in [-0.25, -0.2) is 14.4 Å². The lowest BCUT2D eigenvalue weighted by Crippen LogP contribution is -2.62. The van der Waals surface area contributed by atoms with Crippen LogP contribution in [0.1, 0.15) is 25.3 Å². The van der Waals surface area contributed by atoms with Crippen LogP contribution < -0.4 is 15.8 Å². The van der Waals surface area contributed by atoms with Crippen molar-refractivity contribution in [2.75, 3.05) is 32.6 Å². The molecule has 1 fully saturated rings. The lowest BCUT2D eigenvalue weighted by molar-refractivity contribution is -0.146. The van der Waals surface area contributed by atoms with Crippen LogP contribution in [0.3, 0.4) is 0 Å². The van der Waals surface area contributed by atoms with Crippen molar-refractivity contribution < 1.29 is 23.8 Å². The number of ether oxygens (including phenoxy) is 1. The summed E-state index contributed by atoms with van der Waals surface area (Å²) in [6, 6.07) is 8.22. The van der Waals surface area contributed by atoms with Crippen molar-refractivity contribution in [1.29, 1.82) is 0 Å². The summed E-state index contributed by atoms with van der Waals surface area (Å²) in [5, 5.41) is 13.2. The smallest absolute Gasteiger partial charge is 0.251 e. The van der Waals surface area contributed by atoms with Crippen molar-refractivity contribution in [2.45, 2.75) is 38.0 Å². The third-order valence-electron chi connectivity index (χ3n) is 7.10. The number of fused-ring (bicyclic) bond motifs is 1. The molecule has 1 saturated heterocycles. The molecule has 2 heterocycles. The summed E-state index contributed by atoms with van der Waals surface area (Å²) in [5.74, 6) is -0.552. The summed E-state index contributed by atoms with van der Waals surface area (Å²) in [6.45, 7) is 2.29. The number of piperidine rings is 1. The quantitative estimate of drug-likeness (QED) is 0.394. The van der Waals surface area contributed by atoms with E-state index in [9.17, 15) is 19.1 Å². The molecule has 1 aliphatic heterocycles. The molecule has 12 heteroatoms. The molecule has 0 unspecified atom stereocenters. The van der Waals surface area contributed by atoms with Gasteiger partial charge in [0.2, 0.25) is 5.91 Å². The second-order valence-corrected chi connectivity index (χ2v) is 9.79. The molecule has 10 nitrogen and oxygen atoms in total. The Morgan fingerprint density at radius 3 is 2.66 bits per heavy atom. The van der Waals surface area contributed by atoms with E-state index in [1.807, 2.05) is 11.0 Å². The standard InChI is InChI=1S/C26H30ClFN6O4/c1-15(35)24(36)34-9-7-26(8-10-34,25(29)37)33(2)13-16-11-17-20(12-21(16)38-3)30-14-31-23(17)32-19-6-4-5-18(27)22(19)28/h4-6,11-12,14-15,35H,7-10,13H2,1-3H3,(H2,29,37)(H,30,31,32)/t15-/m0/s1. The van der Waals surface area contributed by atoms with E-state index in [1.165, 1.54) is 26.4 Å². The van der Waals surface area contributed by atoms with Gasteiger partial charge in [0.25, 0.3) is 5.91 Å². The number of methoxy groups -OCH3 is 1. The van der Waals surface area contributed by atoms with Gasteiger partial charge in [-0.2, -0.15) is 0 Å². The Hall–Kier alpha value is -3.54. The summed E-state index contributed by atoms with van der Waals surface area (Å²) in [4.78, 5) is 37.0. The molecule has 4 rings (SSSR count). The molecular formula is C26H30ClFN6O4. The first kappa shape index (κ1) is 27.5. The number of likely N-dealkylation sites (N-methyl/N-ethyl adjacent to an activating group) is 1. The number of amides is 2. The number of aliphatic hydroxyl groups excluding tert-OH is 1. The Morgan fingerprint density at radius 2 is 2.03 bits per heavy atom. The molecule has 1 aromatic heterocycles. The highest BCUT2D eigenvalue weighted by Gasteiger charge is 2.44. The van der Waals surface area contributed by atoms with Crippen LogP contribution in [-0.2, 0) is 16.1 Å². The van der Waals surface area contributed by atoms with E-state index in [1.54, 1.807) is 30.1 Å². The van der Waals surface area contributed by atoms with Gasteiger partial charge in [-0.05, 0) is 45.0 Å². The number of carbonyl (C=O) groups excluding carboxylic acids is 2. The van der Waals surface area contributed by atoms with Gasteiger partial charge in [0.05, 0.1) is 23.3 Å². The molecule has 0 aliphatic carbocycles. The van der Waals surface area contributed by atoms with E-state index >= 15 is 0 Å². The van der Waals surface area contributed by atoms with E-state index < -0.39 is 23.4 Å². The summed E-state index contributed by atoms with van der Waals surface area (Å²) in [7, 11) is 3.33. The highest BCUT2D eigenvalue weighted by Crippen LogP contribution is 2.35. The number of benzene rings is 2. The predicted molar refractivity (Wildman–Crippen MR) is 142 cm³/mol. The van der Waals surface area contributed by atoms with Crippen molar-refractivity contribution in [1.82, 2.24) is 19.8 Å². The summed E-state index contributed by atoms with van der Waals surface area (Å²) < 4.78 is 20.2. The Labute approximate surface area is 224 Å². The van der Waals surface area contributed by atoms with E-state index in [0.29, 0.717) is 48.4 Å². The van der Waals surface area contributed by atoms with Gasteiger partial charge in [0.15, 0.2) is 5.82 Å². The Bertz CT molecular complexity index is 1360. The zero-order valence-electron chi connectivity index (χ0n) is 21.4. The first-order valence-corrected chi connectivity index (χ1v) is 12.5. The van der Waals surface area contributed by atoms with Gasteiger partial charge in [-0.3, -0.25) is 14.5 Å². The molecule has 38 heavy (non-hydrogen) atoms. The van der Waals surface area contributed by atoms with E-state index in [2.05, 4.69) is 15.3 Å². The van der Waals surface area contributed by atoms with Crippen LogP contribution in [0.5, 0.6) is 5.75 Å². The average molecular weight is 545 g/mol. The van der Waals surface area contributed by atoms with Crippen LogP contribution in [0.15, 0.2) is 36.7 Å². The Kier molecular flexibility index (Phi) is 8.00. The molecule has 2 amide bonds. The molecular weight excluding hydrogens is 515 g/mol. The fourth-order valence-corrected chi connectivity index (χ4v) is 5.03. The summed E-state index contributed by atoms with van der Waals surface area (Å²) in [6.07, 6.45) is 0.887. The topological polar surface area (TPSA) is 134 Å². The van der Waals surface area contributed by atoms with Crippen molar-refractivity contribution in [3.8, 4) is 5.75 Å². The largest absolute Gasteiger partial charge is 0.496 e. The van der Waals surface area contributed by atoms with Crippen LogP contribution in [-0.4, -0.2) is 75.6 Å². The number of likely N-dealkylation sites (tertiary alicyclic amines) is 1. The van der Waals surface area contributed by atoms with Crippen LogP contribution in [0, 0.1) is 5.82 Å². The first-order valence-electron chi connectivity index (χ1n) is 12.1. The van der Waals surface area contributed by atoms with Crippen LogP contribution in [0.25, 0.3) is 10.9 Å². The first-order chi connectivity index (χ1) is 18.1. The van der Waals surface area contributed by atoms with Gasteiger partial charge in [-0.15, -0.1) is 0 Å². The molecule has 0 saturated carbocycles. The normalized spacial score (nSPS) is 15.9. The minimum absolute atomic E-state index is 0.0183. The number of anilines is 2. The number of nitrogens with two attached hydrogens (primary N) is 1. The molecule has 0 radical (unpaired) electrons. The summed E-state index contributed by atoms with van der Waals surface area (Å²) in [5.41, 5.74) is 6.36. The van der Waals surface area contributed by atoms with Gasteiger partial charge in [0, 0.05) is 36.7 Å². The zero-order valence-corrected chi connectivity index (χ0v) is 22.1. The molecule has 3 aromatic rings. The molecule has 0 spiro atoms. The maximum absolute atomic E-state index is 14.6. The van der Waals surface area contributed by atoms with Crippen LogP contribution >= 0.6 is 11.6 Å². The summed E-state index contributed by atoms with van der Waals surface area (Å²) >= 11 is 5.93. The van der Waals surface area contributed by atoms with Gasteiger partial charge >= 0.3 is 0 Å².